The van der Waals surface area contributed by atoms with E-state index in [1.807, 2.05) is 54.6 Å². The van der Waals surface area contributed by atoms with Crippen LogP contribution in [0.25, 0.3) is 0 Å². The Labute approximate surface area is 198 Å². The number of imide groups is 1. The molecule has 2 saturated heterocycles. The third kappa shape index (κ3) is 3.51. The molecule has 2 aliphatic heterocycles. The topological polar surface area (TPSA) is 76.2 Å². The van der Waals surface area contributed by atoms with Crippen LogP contribution in [0.2, 0.25) is 0 Å². The van der Waals surface area contributed by atoms with Crippen molar-refractivity contribution < 1.29 is 24.0 Å². The Morgan fingerprint density at radius 2 is 1.58 bits per heavy atom. The van der Waals surface area contributed by atoms with E-state index in [2.05, 4.69) is 15.9 Å². The molecule has 0 radical (unpaired) electrons. The number of amides is 2. The summed E-state index contributed by atoms with van der Waals surface area (Å²) < 4.78 is 5.74. The maximum Gasteiger partial charge on any atom is 0.339 e. The zero-order valence-corrected chi connectivity index (χ0v) is 19.1. The molecule has 166 valence electrons. The van der Waals surface area contributed by atoms with Crippen molar-refractivity contribution in [2.75, 3.05) is 17.1 Å². The highest BCUT2D eigenvalue weighted by molar-refractivity contribution is 9.10. The Morgan fingerprint density at radius 1 is 0.909 bits per heavy atom. The first-order valence-electron chi connectivity index (χ1n) is 10.3. The van der Waals surface area contributed by atoms with Crippen LogP contribution < -0.4 is 9.96 Å². The highest BCUT2D eigenvalue weighted by Gasteiger charge is 2.60. The van der Waals surface area contributed by atoms with Crippen molar-refractivity contribution in [2.45, 2.75) is 12.1 Å². The van der Waals surface area contributed by atoms with Gasteiger partial charge >= 0.3 is 5.97 Å². The number of carbonyl (C=O) groups is 3. The predicted molar refractivity (Wildman–Crippen MR) is 124 cm³/mol. The molecule has 7 nitrogen and oxygen atoms in total. The number of fused-ring (bicyclic) bond motifs is 1. The number of rotatable bonds is 4. The molecule has 2 fully saturated rings. The van der Waals surface area contributed by atoms with E-state index in [0.717, 1.165) is 20.6 Å². The number of hydrogen-bond acceptors (Lipinski definition) is 6. The summed E-state index contributed by atoms with van der Waals surface area (Å²) >= 11 is 3.44. The lowest BCUT2D eigenvalue weighted by Crippen LogP contribution is -2.38. The summed E-state index contributed by atoms with van der Waals surface area (Å²) in [7, 11) is 1.26. The van der Waals surface area contributed by atoms with Crippen LogP contribution in [0, 0.1) is 5.92 Å². The van der Waals surface area contributed by atoms with E-state index in [1.54, 1.807) is 23.3 Å². The van der Waals surface area contributed by atoms with Crippen LogP contribution in [0.15, 0.2) is 83.3 Å². The fourth-order valence-electron chi connectivity index (χ4n) is 4.40. The zero-order chi connectivity index (χ0) is 23.1. The fourth-order valence-corrected chi connectivity index (χ4v) is 4.67. The van der Waals surface area contributed by atoms with Crippen LogP contribution in [0.1, 0.15) is 22.0 Å². The first kappa shape index (κ1) is 21.4. The third-order valence-corrected chi connectivity index (χ3v) is 6.42. The molecule has 8 heteroatoms. The monoisotopic (exact) mass is 506 g/mol. The van der Waals surface area contributed by atoms with Crippen LogP contribution in [0.4, 0.5) is 11.4 Å². The van der Waals surface area contributed by atoms with Gasteiger partial charge in [-0.25, -0.2) is 14.8 Å². The largest absolute Gasteiger partial charge is 0.465 e. The molecule has 33 heavy (non-hydrogen) atoms. The van der Waals surface area contributed by atoms with Crippen LogP contribution in [-0.2, 0) is 19.2 Å². The summed E-state index contributed by atoms with van der Waals surface area (Å²) in [6.45, 7) is 0. The number of nitrogens with zero attached hydrogens (tertiary/aromatic N) is 2. The number of ether oxygens (including phenoxy) is 1. The molecule has 3 atom stereocenters. The van der Waals surface area contributed by atoms with Crippen LogP contribution >= 0.6 is 15.9 Å². The number of methoxy groups -OCH3 is 1. The van der Waals surface area contributed by atoms with Crippen LogP contribution in [-0.4, -0.2) is 31.0 Å². The van der Waals surface area contributed by atoms with Gasteiger partial charge in [0.25, 0.3) is 5.91 Å². The molecule has 3 unspecified atom stereocenters. The zero-order valence-electron chi connectivity index (χ0n) is 17.6. The predicted octanol–water partition coefficient (Wildman–Crippen LogP) is 4.29. The molecule has 0 aromatic heterocycles. The van der Waals surface area contributed by atoms with Gasteiger partial charge in [0.15, 0.2) is 6.10 Å². The Morgan fingerprint density at radius 3 is 2.27 bits per heavy atom. The smallest absolute Gasteiger partial charge is 0.339 e. The van der Waals surface area contributed by atoms with Gasteiger partial charge in [-0.1, -0.05) is 58.4 Å². The number of esters is 1. The third-order valence-electron chi connectivity index (χ3n) is 5.89. The van der Waals surface area contributed by atoms with Crippen LogP contribution in [0.5, 0.6) is 0 Å². The summed E-state index contributed by atoms with van der Waals surface area (Å²) in [4.78, 5) is 46.7. The number of hydroxylamine groups is 1. The Kier molecular flexibility index (Phi) is 5.47. The second-order valence-corrected chi connectivity index (χ2v) is 8.65. The number of carbonyl (C=O) groups excluding carboxylic acids is 3. The summed E-state index contributed by atoms with van der Waals surface area (Å²) in [5.41, 5.74) is 1.90. The molecule has 0 bridgehead atoms. The molecule has 3 aromatic carbocycles. The average Bonchev–Trinajstić information content (AvgIpc) is 3.35. The highest BCUT2D eigenvalue weighted by atomic mass is 79.9. The Balaban J connectivity index is 1.59. The van der Waals surface area contributed by atoms with Gasteiger partial charge in [0, 0.05) is 4.47 Å². The van der Waals surface area contributed by atoms with Crippen molar-refractivity contribution in [1.82, 2.24) is 0 Å². The number of hydrogen-bond donors (Lipinski definition) is 0. The van der Waals surface area contributed by atoms with Gasteiger partial charge in [-0.15, -0.1) is 0 Å². The molecule has 0 aliphatic carbocycles. The molecule has 0 saturated carbocycles. The number of benzene rings is 3. The van der Waals surface area contributed by atoms with Gasteiger partial charge in [0.2, 0.25) is 5.91 Å². The second kappa shape index (κ2) is 8.46. The average molecular weight is 507 g/mol. The van der Waals surface area contributed by atoms with Crippen molar-refractivity contribution in [2.24, 2.45) is 5.92 Å². The van der Waals surface area contributed by atoms with E-state index in [0.29, 0.717) is 0 Å². The summed E-state index contributed by atoms with van der Waals surface area (Å²) in [6.07, 6.45) is -1.02. The lowest BCUT2D eigenvalue weighted by Gasteiger charge is -2.29. The van der Waals surface area contributed by atoms with Crippen molar-refractivity contribution in [3.05, 3.63) is 94.5 Å². The molecular weight excluding hydrogens is 488 g/mol. The van der Waals surface area contributed by atoms with Crippen molar-refractivity contribution >= 4 is 45.1 Å². The maximum atomic E-state index is 13.7. The van der Waals surface area contributed by atoms with Gasteiger partial charge in [0.05, 0.1) is 30.1 Å². The van der Waals surface area contributed by atoms with Crippen molar-refractivity contribution in [3.8, 4) is 0 Å². The number of anilines is 2. The summed E-state index contributed by atoms with van der Waals surface area (Å²) in [5.74, 6) is -2.35. The minimum atomic E-state index is -1.02. The molecule has 3 aromatic rings. The Bertz CT molecular complexity index is 1230. The SMILES string of the molecule is COC(=O)c1ccccc1N1C(=O)C2ON(c3ccccc3)C(c3ccc(Br)cc3)C2C1=O. The van der Waals surface area contributed by atoms with Gasteiger partial charge < -0.3 is 4.74 Å². The van der Waals surface area contributed by atoms with Crippen molar-refractivity contribution in [1.29, 1.82) is 0 Å². The van der Waals surface area contributed by atoms with E-state index < -0.39 is 35.8 Å². The van der Waals surface area contributed by atoms with Gasteiger partial charge in [-0.2, -0.15) is 0 Å². The van der Waals surface area contributed by atoms with E-state index in [1.165, 1.54) is 13.2 Å². The quantitative estimate of drug-likeness (QED) is 0.388. The highest BCUT2D eigenvalue weighted by Crippen LogP contribution is 2.48. The van der Waals surface area contributed by atoms with Gasteiger partial charge in [-0.05, 0) is 42.0 Å². The van der Waals surface area contributed by atoms with Crippen LogP contribution in [0.3, 0.4) is 0 Å². The van der Waals surface area contributed by atoms with Gasteiger partial charge in [-0.3, -0.25) is 14.4 Å². The van der Waals surface area contributed by atoms with Crippen molar-refractivity contribution in [3.63, 3.8) is 0 Å². The standard InChI is InChI=1S/C25H19BrN2O5/c1-32-25(31)18-9-5-6-10-19(18)27-23(29)20-21(15-11-13-16(26)14-12-15)28(33-22(20)24(27)30)17-7-3-2-4-8-17/h2-14,20-22H,1H3. The second-order valence-electron chi connectivity index (χ2n) is 7.73. The molecule has 2 amide bonds. The molecule has 0 spiro atoms. The fraction of sp³-hybridized carbons (Fsp3) is 0.160. The first-order chi connectivity index (χ1) is 16.0. The lowest BCUT2D eigenvalue weighted by atomic mass is 9.90. The Hall–Kier alpha value is -3.49. The van der Waals surface area contributed by atoms with E-state index in [4.69, 9.17) is 9.57 Å². The molecule has 2 heterocycles. The summed E-state index contributed by atoms with van der Waals surface area (Å²) in [6, 6.07) is 22.8. The minimum absolute atomic E-state index is 0.141. The minimum Gasteiger partial charge on any atom is -0.465 e. The molecule has 5 rings (SSSR count). The summed E-state index contributed by atoms with van der Waals surface area (Å²) in [5, 5.41) is 1.64. The molecule has 0 N–H and O–H groups in total. The first-order valence-corrected chi connectivity index (χ1v) is 11.1. The number of para-hydroxylation sites is 2. The van der Waals surface area contributed by atoms with Gasteiger partial charge in [0.1, 0.15) is 5.92 Å². The maximum absolute atomic E-state index is 13.7. The molecule has 2 aliphatic rings. The molecular formula is C25H19BrN2O5. The number of halogens is 1. The normalized spacial score (nSPS) is 21.9. The lowest BCUT2D eigenvalue weighted by molar-refractivity contribution is -0.126. The van der Waals surface area contributed by atoms with E-state index in [9.17, 15) is 14.4 Å². The van der Waals surface area contributed by atoms with E-state index in [-0.39, 0.29) is 11.3 Å². The van der Waals surface area contributed by atoms with E-state index >= 15 is 0 Å².